The highest BCUT2D eigenvalue weighted by molar-refractivity contribution is 5.67. The summed E-state index contributed by atoms with van der Waals surface area (Å²) < 4.78 is 10.8. The van der Waals surface area contributed by atoms with Crippen LogP contribution >= 0.6 is 0 Å². The summed E-state index contributed by atoms with van der Waals surface area (Å²) in [6.45, 7) is 2.23. The maximum atomic E-state index is 11.9. The summed E-state index contributed by atoms with van der Waals surface area (Å²) in [6, 6.07) is 0.00849. The van der Waals surface area contributed by atoms with Gasteiger partial charge >= 0.3 is 5.97 Å². The van der Waals surface area contributed by atoms with Crippen LogP contribution < -0.4 is 0 Å². The molecule has 3 unspecified atom stereocenters. The number of hydrogen-bond donors (Lipinski definition) is 2. The van der Waals surface area contributed by atoms with Crippen LogP contribution in [0, 0.1) is 17.3 Å². The molecular formula is C20H27NO5. The van der Waals surface area contributed by atoms with E-state index >= 15 is 0 Å². The number of hydrogen-bond acceptors (Lipinski definition) is 6. The molecule has 1 saturated heterocycles. The molecule has 0 spiro atoms. The van der Waals surface area contributed by atoms with Crippen molar-refractivity contribution in [1.29, 1.82) is 0 Å². The first kappa shape index (κ1) is 17.6. The van der Waals surface area contributed by atoms with Crippen LogP contribution in [-0.4, -0.2) is 53.4 Å². The fraction of sp³-hybridized carbons (Fsp3) is 0.650. The molecule has 6 heteroatoms. The standard InChI is InChI=1S/C20H27NO5/c1-12(22)26-14-6-7-20(24)16-10-13-4-5-15(25-3)18(23)17(13)19(20,11-14)8-9-21(16)2/h4-6,13,16-17,23-24H,7-11H2,1-3H3/t13?,16-,17?,19-,20?/m1/s1. The van der Waals surface area contributed by atoms with Crippen molar-refractivity contribution in [2.75, 3.05) is 20.7 Å². The highest BCUT2D eigenvalue weighted by atomic mass is 16.5. The van der Waals surface area contributed by atoms with Crippen molar-refractivity contribution in [2.24, 2.45) is 17.3 Å². The summed E-state index contributed by atoms with van der Waals surface area (Å²) in [5, 5.41) is 22.9. The van der Waals surface area contributed by atoms with Gasteiger partial charge in [-0.3, -0.25) is 4.79 Å². The van der Waals surface area contributed by atoms with Gasteiger partial charge in [-0.1, -0.05) is 6.08 Å². The zero-order valence-electron chi connectivity index (χ0n) is 15.6. The molecule has 2 bridgehead atoms. The van der Waals surface area contributed by atoms with Crippen LogP contribution in [-0.2, 0) is 14.3 Å². The van der Waals surface area contributed by atoms with E-state index in [4.69, 9.17) is 9.47 Å². The van der Waals surface area contributed by atoms with E-state index in [1.807, 2.05) is 12.2 Å². The lowest BCUT2D eigenvalue weighted by Crippen LogP contribution is -2.73. The van der Waals surface area contributed by atoms with Gasteiger partial charge in [0.2, 0.25) is 0 Å². The van der Waals surface area contributed by atoms with E-state index in [-0.39, 0.29) is 29.6 Å². The number of fused-ring (bicyclic) bond motifs is 1. The molecule has 0 aromatic heterocycles. The SMILES string of the molecule is COC1=C(O)C2C(C=C1)C[C@H]1N(C)CC[C@@]23CC(OC(C)=O)=CCC13O. The Morgan fingerprint density at radius 2 is 2.19 bits per heavy atom. The molecule has 1 saturated carbocycles. The van der Waals surface area contributed by atoms with Crippen molar-refractivity contribution in [2.45, 2.75) is 44.2 Å². The third-order valence-electron chi connectivity index (χ3n) is 7.04. The molecule has 26 heavy (non-hydrogen) atoms. The molecule has 1 aliphatic heterocycles. The van der Waals surface area contributed by atoms with E-state index in [0.717, 1.165) is 19.4 Å². The number of piperidine rings is 1. The topological polar surface area (TPSA) is 79.2 Å². The number of nitrogens with zero attached hydrogens (tertiary/aromatic N) is 1. The summed E-state index contributed by atoms with van der Waals surface area (Å²) in [5.74, 6) is 0.813. The number of allylic oxidation sites excluding steroid dienone is 4. The molecule has 4 aliphatic rings. The molecule has 0 radical (unpaired) electrons. The van der Waals surface area contributed by atoms with Gasteiger partial charge < -0.3 is 24.6 Å². The van der Waals surface area contributed by atoms with E-state index in [9.17, 15) is 15.0 Å². The molecule has 2 fully saturated rings. The molecule has 142 valence electrons. The van der Waals surface area contributed by atoms with Crippen molar-refractivity contribution >= 4 is 5.97 Å². The van der Waals surface area contributed by atoms with E-state index < -0.39 is 11.0 Å². The Hall–Kier alpha value is -1.79. The van der Waals surface area contributed by atoms with E-state index in [1.54, 1.807) is 7.11 Å². The summed E-state index contributed by atoms with van der Waals surface area (Å²) in [6.07, 6.45) is 8.16. The first-order valence-corrected chi connectivity index (χ1v) is 9.28. The number of carbonyl (C=O) groups excluding carboxylic acids is 1. The molecule has 6 nitrogen and oxygen atoms in total. The fourth-order valence-electron chi connectivity index (χ4n) is 5.93. The van der Waals surface area contributed by atoms with Crippen LogP contribution in [0.1, 0.15) is 32.6 Å². The number of aliphatic hydroxyl groups is 2. The molecular weight excluding hydrogens is 334 g/mol. The predicted octanol–water partition coefficient (Wildman–Crippen LogP) is 2.27. The Morgan fingerprint density at radius 3 is 2.88 bits per heavy atom. The highest BCUT2D eigenvalue weighted by Crippen LogP contribution is 2.64. The van der Waals surface area contributed by atoms with E-state index in [1.165, 1.54) is 6.92 Å². The predicted molar refractivity (Wildman–Crippen MR) is 94.9 cm³/mol. The molecule has 3 aliphatic carbocycles. The maximum Gasteiger partial charge on any atom is 0.307 e. The lowest BCUT2D eigenvalue weighted by molar-refractivity contribution is -0.230. The lowest BCUT2D eigenvalue weighted by Gasteiger charge is -2.66. The first-order valence-electron chi connectivity index (χ1n) is 9.28. The van der Waals surface area contributed by atoms with Gasteiger partial charge in [0, 0.05) is 30.7 Å². The van der Waals surface area contributed by atoms with E-state index in [0.29, 0.717) is 24.4 Å². The van der Waals surface area contributed by atoms with Crippen LogP contribution in [0.2, 0.25) is 0 Å². The number of likely N-dealkylation sites (N-methyl/N-ethyl adjacent to an activating group) is 1. The normalized spacial score (nSPS) is 41.8. The second-order valence-corrected chi connectivity index (χ2v) is 8.16. The number of carbonyl (C=O) groups is 1. The first-order chi connectivity index (χ1) is 12.3. The van der Waals surface area contributed by atoms with Crippen LogP contribution in [0.5, 0.6) is 0 Å². The van der Waals surface area contributed by atoms with Crippen molar-refractivity contribution < 1.29 is 24.5 Å². The quantitative estimate of drug-likeness (QED) is 0.735. The Kier molecular flexibility index (Phi) is 3.97. The van der Waals surface area contributed by atoms with Crippen LogP contribution in [0.3, 0.4) is 0 Å². The molecule has 2 N–H and O–H groups in total. The fourth-order valence-corrected chi connectivity index (χ4v) is 5.93. The summed E-state index contributed by atoms with van der Waals surface area (Å²) >= 11 is 0. The monoisotopic (exact) mass is 361 g/mol. The lowest BCUT2D eigenvalue weighted by atomic mass is 9.45. The Labute approximate surface area is 153 Å². The molecule has 5 atom stereocenters. The van der Waals surface area contributed by atoms with Crippen molar-refractivity contribution in [3.63, 3.8) is 0 Å². The molecule has 4 rings (SSSR count). The zero-order valence-corrected chi connectivity index (χ0v) is 15.6. The van der Waals surface area contributed by atoms with Gasteiger partial charge in [-0.25, -0.2) is 0 Å². The van der Waals surface area contributed by atoms with Gasteiger partial charge in [0.25, 0.3) is 0 Å². The minimum Gasteiger partial charge on any atom is -0.508 e. The zero-order chi connectivity index (χ0) is 18.7. The van der Waals surface area contributed by atoms with Crippen molar-refractivity contribution in [3.8, 4) is 0 Å². The summed E-state index contributed by atoms with van der Waals surface area (Å²) in [4.78, 5) is 13.7. The number of methoxy groups -OCH3 is 1. The number of esters is 1. The minimum atomic E-state index is -0.969. The van der Waals surface area contributed by atoms with Gasteiger partial charge in [0.1, 0.15) is 11.5 Å². The molecule has 0 aromatic rings. The number of ether oxygens (including phenoxy) is 2. The van der Waals surface area contributed by atoms with Gasteiger partial charge in [0.05, 0.1) is 12.7 Å². The van der Waals surface area contributed by atoms with Crippen molar-refractivity contribution in [3.05, 3.63) is 35.5 Å². The Bertz CT molecular complexity index is 726. The van der Waals surface area contributed by atoms with Crippen molar-refractivity contribution in [1.82, 2.24) is 4.90 Å². The highest BCUT2D eigenvalue weighted by Gasteiger charge is 2.68. The third kappa shape index (κ3) is 2.21. The largest absolute Gasteiger partial charge is 0.508 e. The summed E-state index contributed by atoms with van der Waals surface area (Å²) in [7, 11) is 3.60. The maximum absolute atomic E-state index is 11.9. The minimum absolute atomic E-state index is 0.00849. The van der Waals surface area contributed by atoms with Crippen LogP contribution in [0.25, 0.3) is 0 Å². The van der Waals surface area contributed by atoms with E-state index in [2.05, 4.69) is 18.0 Å². The number of rotatable bonds is 2. The van der Waals surface area contributed by atoms with Crippen LogP contribution in [0.4, 0.5) is 0 Å². The van der Waals surface area contributed by atoms with Crippen LogP contribution in [0.15, 0.2) is 35.5 Å². The van der Waals surface area contributed by atoms with Gasteiger partial charge in [-0.15, -0.1) is 0 Å². The average Bonchev–Trinajstić information content (AvgIpc) is 2.58. The molecule has 0 amide bonds. The number of aliphatic hydroxyl groups excluding tert-OH is 1. The van der Waals surface area contributed by atoms with Gasteiger partial charge in [-0.05, 0) is 50.9 Å². The number of likely N-dealkylation sites (tertiary alicyclic amines) is 1. The molecule has 0 aromatic carbocycles. The average molecular weight is 361 g/mol. The second-order valence-electron chi connectivity index (χ2n) is 8.16. The van der Waals surface area contributed by atoms with Gasteiger partial charge in [0.15, 0.2) is 5.76 Å². The summed E-state index contributed by atoms with van der Waals surface area (Å²) in [5.41, 5.74) is -1.55. The second kappa shape index (κ2) is 5.86. The molecule has 1 heterocycles. The smallest absolute Gasteiger partial charge is 0.307 e. The Balaban J connectivity index is 1.84. The Morgan fingerprint density at radius 1 is 1.42 bits per heavy atom. The van der Waals surface area contributed by atoms with Gasteiger partial charge in [-0.2, -0.15) is 0 Å². The third-order valence-corrected chi connectivity index (χ3v) is 7.04.